The molecule has 1 fully saturated rings. The van der Waals surface area contributed by atoms with Crippen LogP contribution in [0.1, 0.15) is 91.9 Å². The van der Waals surface area contributed by atoms with Crippen molar-refractivity contribution in [1.82, 2.24) is 0 Å². The molecule has 4 heteroatoms. The van der Waals surface area contributed by atoms with E-state index >= 15 is 0 Å². The molecular weight excluding hydrogens is 340 g/mol. The molecule has 3 rings (SSSR count). The minimum Gasteiger partial charge on any atom is -0.481 e. The molecule has 1 N–H and O–H groups in total. The van der Waals surface area contributed by atoms with Crippen LogP contribution in [-0.4, -0.2) is 22.8 Å². The van der Waals surface area contributed by atoms with Crippen LogP contribution < -0.4 is 0 Å². The van der Waals surface area contributed by atoms with Gasteiger partial charge in [-0.15, -0.1) is 0 Å². The number of aliphatic carboxylic acids is 1. The second-order valence-corrected chi connectivity index (χ2v) is 9.73. The minimum atomic E-state index is -0.825. The third-order valence-electron chi connectivity index (χ3n) is 7.04. The van der Waals surface area contributed by atoms with Crippen molar-refractivity contribution in [3.05, 3.63) is 22.8 Å². The number of hydrogen-bond acceptors (Lipinski definition) is 3. The average molecular weight is 377 g/mol. The van der Waals surface area contributed by atoms with Crippen LogP contribution in [0.25, 0.3) is 0 Å². The first kappa shape index (κ1) is 20.6. The fourth-order valence-corrected chi connectivity index (χ4v) is 5.01. The summed E-state index contributed by atoms with van der Waals surface area (Å²) in [7, 11) is 0. The zero-order chi connectivity index (χ0) is 19.7. The maximum absolute atomic E-state index is 11.1. The molecule has 0 spiro atoms. The number of hydrogen-bond donors (Lipinski definition) is 1. The molecule has 0 bridgehead atoms. The third-order valence-corrected chi connectivity index (χ3v) is 7.04. The van der Waals surface area contributed by atoms with Crippen LogP contribution in [0, 0.1) is 11.3 Å². The molecule has 4 nitrogen and oxygen atoms in total. The summed E-state index contributed by atoms with van der Waals surface area (Å²) in [5.74, 6) is -1.35. The molecule has 0 saturated carbocycles. The van der Waals surface area contributed by atoms with Gasteiger partial charge in [0.1, 0.15) is 11.7 Å². The van der Waals surface area contributed by atoms with Crippen LogP contribution in [0.4, 0.5) is 0 Å². The summed E-state index contributed by atoms with van der Waals surface area (Å²) in [4.78, 5) is 22.2. The van der Waals surface area contributed by atoms with Gasteiger partial charge in [0.15, 0.2) is 0 Å². The molecule has 27 heavy (non-hydrogen) atoms. The fraction of sp³-hybridized carbons (Fsp3) is 0.783. The predicted molar refractivity (Wildman–Crippen MR) is 106 cm³/mol. The second kappa shape index (κ2) is 8.08. The van der Waals surface area contributed by atoms with Crippen molar-refractivity contribution in [2.75, 3.05) is 0 Å². The van der Waals surface area contributed by atoms with Crippen LogP contribution in [0.5, 0.6) is 0 Å². The molecule has 0 aromatic carbocycles. The molecule has 0 amide bonds. The van der Waals surface area contributed by atoms with Crippen LogP contribution >= 0.6 is 0 Å². The normalized spacial score (nSPS) is 33.6. The van der Waals surface area contributed by atoms with Gasteiger partial charge in [0, 0.05) is 0 Å². The van der Waals surface area contributed by atoms with Gasteiger partial charge in [0.25, 0.3) is 0 Å². The third kappa shape index (κ3) is 4.83. The highest BCUT2D eigenvalue weighted by Gasteiger charge is 2.37. The van der Waals surface area contributed by atoms with E-state index in [0.29, 0.717) is 5.41 Å². The molecule has 0 unspecified atom stereocenters. The summed E-state index contributed by atoms with van der Waals surface area (Å²) in [6.45, 7) is 8.59. The highest BCUT2D eigenvalue weighted by atomic mass is 17.2. The smallest absolute Gasteiger partial charge is 0.308 e. The summed E-state index contributed by atoms with van der Waals surface area (Å²) in [6.07, 6.45) is 13.2. The molecule has 1 heterocycles. The van der Waals surface area contributed by atoms with E-state index in [2.05, 4.69) is 26.8 Å². The predicted octanol–water partition coefficient (Wildman–Crippen LogP) is 5.97. The average Bonchev–Trinajstić information content (AvgIpc) is 2.61. The summed E-state index contributed by atoms with van der Waals surface area (Å²) >= 11 is 0. The Bertz CT molecular complexity index is 620. The van der Waals surface area contributed by atoms with Gasteiger partial charge in [0.2, 0.25) is 0 Å². The molecule has 0 radical (unpaired) electrons. The quantitative estimate of drug-likeness (QED) is 0.474. The standard InChI is InChI=1S/C23H36O4/c1-16(21(24)25)20-11-14-23(4,27-26-20)13-5-7-17-9-10-19-18(15-17)8-6-12-22(19,2)3/h7,16,20H,5-6,8-15H2,1-4H3,(H,24,25)/b17-7-/t16-,20+,23-/m0/s1. The molecule has 1 saturated heterocycles. The van der Waals surface area contributed by atoms with E-state index in [1.807, 2.05) is 0 Å². The van der Waals surface area contributed by atoms with Crippen molar-refractivity contribution in [2.45, 2.75) is 104 Å². The first-order chi connectivity index (χ1) is 12.7. The number of carboxylic acids is 1. The lowest BCUT2D eigenvalue weighted by molar-refractivity contribution is -0.411. The second-order valence-electron chi connectivity index (χ2n) is 9.73. The van der Waals surface area contributed by atoms with Crippen LogP contribution in [0.15, 0.2) is 22.8 Å². The van der Waals surface area contributed by atoms with Gasteiger partial charge in [-0.05, 0) is 83.5 Å². The van der Waals surface area contributed by atoms with Crippen molar-refractivity contribution in [2.24, 2.45) is 11.3 Å². The molecule has 3 atom stereocenters. The molecule has 0 aromatic heterocycles. The van der Waals surface area contributed by atoms with E-state index in [9.17, 15) is 4.79 Å². The van der Waals surface area contributed by atoms with E-state index in [-0.39, 0.29) is 11.7 Å². The monoisotopic (exact) mass is 376 g/mol. The topological polar surface area (TPSA) is 55.8 Å². The van der Waals surface area contributed by atoms with E-state index in [4.69, 9.17) is 14.9 Å². The van der Waals surface area contributed by atoms with Crippen molar-refractivity contribution < 1.29 is 19.7 Å². The van der Waals surface area contributed by atoms with E-state index in [1.54, 1.807) is 23.6 Å². The van der Waals surface area contributed by atoms with Gasteiger partial charge >= 0.3 is 5.97 Å². The lowest BCUT2D eigenvalue weighted by Crippen LogP contribution is -2.41. The maximum atomic E-state index is 11.1. The SMILES string of the molecule is C[C@H](C(=O)O)[C@H]1CC[C@](C)(CC/C=C2/CCC3=C(CCCC3(C)C)C2)OO1. The molecule has 1 aliphatic heterocycles. The van der Waals surface area contributed by atoms with E-state index in [0.717, 1.165) is 25.7 Å². The van der Waals surface area contributed by atoms with E-state index < -0.39 is 11.9 Å². The molecule has 2 aliphatic carbocycles. The Balaban J connectivity index is 1.50. The lowest BCUT2D eigenvalue weighted by Gasteiger charge is -2.39. The maximum Gasteiger partial charge on any atom is 0.308 e. The van der Waals surface area contributed by atoms with Crippen molar-refractivity contribution in [3.8, 4) is 0 Å². The van der Waals surface area contributed by atoms with Gasteiger partial charge in [-0.3, -0.25) is 4.79 Å². The van der Waals surface area contributed by atoms with Gasteiger partial charge in [-0.2, -0.15) is 0 Å². The minimum absolute atomic E-state index is 0.308. The number of carbonyl (C=O) groups is 1. The Morgan fingerprint density at radius 3 is 2.70 bits per heavy atom. The highest BCUT2D eigenvalue weighted by molar-refractivity contribution is 5.70. The Hall–Kier alpha value is -1.13. The summed E-state index contributed by atoms with van der Waals surface area (Å²) < 4.78 is 0. The molecule has 152 valence electrons. The van der Waals surface area contributed by atoms with Gasteiger partial charge < -0.3 is 5.11 Å². The van der Waals surface area contributed by atoms with Crippen LogP contribution in [-0.2, 0) is 14.6 Å². The Morgan fingerprint density at radius 2 is 2.04 bits per heavy atom. The Kier molecular flexibility index (Phi) is 6.17. The Labute approximate surface area is 163 Å². The van der Waals surface area contributed by atoms with E-state index in [1.165, 1.54) is 38.5 Å². The lowest BCUT2D eigenvalue weighted by atomic mass is 9.67. The summed E-state index contributed by atoms with van der Waals surface area (Å²) in [5, 5.41) is 9.12. The first-order valence-electron chi connectivity index (χ1n) is 10.7. The van der Waals surface area contributed by atoms with Crippen molar-refractivity contribution in [3.63, 3.8) is 0 Å². The molecular formula is C23H36O4. The van der Waals surface area contributed by atoms with Crippen LogP contribution in [0.3, 0.4) is 0 Å². The van der Waals surface area contributed by atoms with Crippen LogP contribution in [0.2, 0.25) is 0 Å². The summed E-state index contributed by atoms with van der Waals surface area (Å²) in [6, 6.07) is 0. The Morgan fingerprint density at radius 1 is 1.26 bits per heavy atom. The largest absolute Gasteiger partial charge is 0.481 e. The number of rotatable bonds is 5. The fourth-order valence-electron chi connectivity index (χ4n) is 5.01. The highest BCUT2D eigenvalue weighted by Crippen LogP contribution is 2.47. The van der Waals surface area contributed by atoms with Gasteiger partial charge in [0.05, 0.1) is 5.92 Å². The number of allylic oxidation sites excluding steroid dienone is 4. The van der Waals surface area contributed by atoms with Gasteiger partial charge in [-0.1, -0.05) is 36.6 Å². The van der Waals surface area contributed by atoms with Gasteiger partial charge in [-0.25, -0.2) is 9.78 Å². The summed E-state index contributed by atoms with van der Waals surface area (Å²) in [5.41, 5.74) is 5.13. The number of carboxylic acid groups (broad SMARTS) is 1. The molecule has 3 aliphatic rings. The first-order valence-corrected chi connectivity index (χ1v) is 10.7. The van der Waals surface area contributed by atoms with Crippen molar-refractivity contribution >= 4 is 5.97 Å². The zero-order valence-electron chi connectivity index (χ0n) is 17.5. The zero-order valence-corrected chi connectivity index (χ0v) is 17.5. The van der Waals surface area contributed by atoms with Crippen molar-refractivity contribution in [1.29, 1.82) is 0 Å². The molecule has 0 aromatic rings.